The molecule has 2 saturated heterocycles. The first kappa shape index (κ1) is 36.5. The van der Waals surface area contributed by atoms with Crippen LogP contribution in [0.5, 0.6) is 0 Å². The van der Waals surface area contributed by atoms with Crippen molar-refractivity contribution in [3.8, 4) is 22.9 Å². The third-order valence-electron chi connectivity index (χ3n) is 9.23. The lowest BCUT2D eigenvalue weighted by molar-refractivity contribution is 0.149. The van der Waals surface area contributed by atoms with Gasteiger partial charge in [0, 0.05) is 19.1 Å². The molecule has 4 N–H and O–H groups in total. The first-order chi connectivity index (χ1) is 24.2. The highest BCUT2D eigenvalue weighted by molar-refractivity contribution is 5.93. The third kappa shape index (κ3) is 10.1. The van der Waals surface area contributed by atoms with Crippen molar-refractivity contribution in [1.29, 1.82) is 0 Å². The number of urea groups is 1. The second-order valence-corrected chi connectivity index (χ2v) is 13.2. The van der Waals surface area contributed by atoms with Crippen molar-refractivity contribution in [2.24, 2.45) is 11.8 Å². The average Bonchev–Trinajstić information content (AvgIpc) is 3.76. The van der Waals surface area contributed by atoms with E-state index in [4.69, 9.17) is 9.05 Å². The molecule has 3 amide bonds. The number of likely N-dealkylation sites (tertiary alicyclic amines) is 1. The van der Waals surface area contributed by atoms with E-state index in [1.54, 1.807) is 19.9 Å². The Hall–Kier alpha value is -4.82. The molecule has 0 aliphatic carbocycles. The summed E-state index contributed by atoms with van der Waals surface area (Å²) in [5, 5.41) is 26.6. The maximum Gasteiger partial charge on any atom is 0.411 e. The van der Waals surface area contributed by atoms with Crippen molar-refractivity contribution in [3.05, 3.63) is 60.2 Å². The highest BCUT2D eigenvalue weighted by atomic mass is 16.5. The van der Waals surface area contributed by atoms with Crippen LogP contribution in [-0.4, -0.2) is 87.7 Å². The van der Waals surface area contributed by atoms with Crippen LogP contribution >= 0.6 is 0 Å². The maximum absolute atomic E-state index is 12.1. The molecule has 14 nitrogen and oxygen atoms in total. The van der Waals surface area contributed by atoms with Crippen molar-refractivity contribution < 1.29 is 23.7 Å². The van der Waals surface area contributed by atoms with E-state index in [-0.39, 0.29) is 6.03 Å². The van der Waals surface area contributed by atoms with E-state index >= 15 is 0 Å². The number of rotatable bonds is 10. The van der Waals surface area contributed by atoms with Gasteiger partial charge >= 0.3 is 12.1 Å². The molecule has 0 saturated carbocycles. The van der Waals surface area contributed by atoms with Crippen LogP contribution in [0.3, 0.4) is 0 Å². The topological polar surface area (TPSA) is 175 Å². The van der Waals surface area contributed by atoms with Gasteiger partial charge in [-0.1, -0.05) is 34.6 Å². The van der Waals surface area contributed by atoms with E-state index < -0.39 is 6.09 Å². The van der Waals surface area contributed by atoms with Crippen LogP contribution in [0.15, 0.2) is 57.6 Å². The Morgan fingerprint density at radius 3 is 2.10 bits per heavy atom. The van der Waals surface area contributed by atoms with Crippen LogP contribution in [0, 0.1) is 25.7 Å². The molecule has 14 heteroatoms. The number of hydrogen-bond acceptors (Lipinski definition) is 10. The second-order valence-electron chi connectivity index (χ2n) is 13.2. The van der Waals surface area contributed by atoms with Gasteiger partial charge in [0.1, 0.15) is 0 Å². The van der Waals surface area contributed by atoms with Gasteiger partial charge in [0.15, 0.2) is 11.6 Å². The van der Waals surface area contributed by atoms with Crippen LogP contribution in [-0.2, 0) is 0 Å². The standard InChI is InChI=1S/C19H26N4O3.C17H23N5O2/c1-13(2)22-10-8-15(9-11-22)12-23(19(24)25)17-7-5-4-6-16(17)18-20-14(3)21-26-18;1-12-20-16(24-22-12)14-4-2-3-5-15(14)21-17(23)19-11-8-13-6-9-18-10-7-13/h4-7,13,15H,8-12H2,1-3H3,(H,24,25);2-5,13,18H,6-11H2,1H3,(H2,19,21,23). The number of aromatic nitrogens is 4. The summed E-state index contributed by atoms with van der Waals surface area (Å²) in [4.78, 5) is 36.5. The van der Waals surface area contributed by atoms with Crippen molar-refractivity contribution in [2.45, 2.75) is 65.8 Å². The summed E-state index contributed by atoms with van der Waals surface area (Å²) in [6, 6.07) is 15.0. The monoisotopic (exact) mass is 687 g/mol. The number of carboxylic acid groups (broad SMARTS) is 1. The van der Waals surface area contributed by atoms with Gasteiger partial charge in [-0.25, -0.2) is 9.59 Å². The lowest BCUT2D eigenvalue weighted by Crippen LogP contribution is -2.43. The zero-order chi connectivity index (χ0) is 35.5. The molecule has 2 aliphatic rings. The zero-order valence-corrected chi connectivity index (χ0v) is 29.4. The Morgan fingerprint density at radius 1 is 0.900 bits per heavy atom. The number of aryl methyl sites for hydroxylation is 2. The third-order valence-corrected chi connectivity index (χ3v) is 9.23. The Bertz CT molecular complexity index is 1680. The molecule has 0 unspecified atom stereocenters. The zero-order valence-electron chi connectivity index (χ0n) is 29.4. The van der Waals surface area contributed by atoms with Crippen LogP contribution in [0.1, 0.15) is 57.6 Å². The molecule has 2 aromatic carbocycles. The smallest absolute Gasteiger partial charge is 0.411 e. The Kier molecular flexibility index (Phi) is 12.9. The van der Waals surface area contributed by atoms with Crippen LogP contribution < -0.4 is 20.9 Å². The number of carbonyl (C=O) groups is 2. The number of piperidine rings is 2. The van der Waals surface area contributed by atoms with E-state index in [9.17, 15) is 14.7 Å². The number of nitrogens with one attached hydrogen (secondary N) is 3. The summed E-state index contributed by atoms with van der Waals surface area (Å²) in [6.07, 6.45) is 4.43. The average molecular weight is 688 g/mol. The SMILES string of the molecule is Cc1noc(-c2ccccc2N(CC2CCN(C(C)C)CC2)C(=O)O)n1.Cc1noc(-c2ccccc2NC(=O)NCCC2CCNCC2)n1. The van der Waals surface area contributed by atoms with E-state index in [0.29, 0.717) is 76.9 Å². The molecular formula is C36H49N9O5. The molecule has 4 aromatic rings. The van der Waals surface area contributed by atoms with Crippen molar-refractivity contribution in [1.82, 2.24) is 35.8 Å². The highest BCUT2D eigenvalue weighted by Crippen LogP contribution is 2.32. The van der Waals surface area contributed by atoms with Crippen LogP contribution in [0.2, 0.25) is 0 Å². The Balaban J connectivity index is 0.000000195. The fraction of sp³-hybridized carbons (Fsp3) is 0.500. The van der Waals surface area contributed by atoms with E-state index in [0.717, 1.165) is 45.4 Å². The van der Waals surface area contributed by atoms with Crippen LogP contribution in [0.25, 0.3) is 22.9 Å². The summed E-state index contributed by atoms with van der Waals surface area (Å²) >= 11 is 0. The highest BCUT2D eigenvalue weighted by Gasteiger charge is 2.27. The number of para-hydroxylation sites is 2. The largest absolute Gasteiger partial charge is 0.465 e. The molecule has 0 bridgehead atoms. The molecule has 0 radical (unpaired) electrons. The van der Waals surface area contributed by atoms with E-state index in [1.807, 2.05) is 42.5 Å². The van der Waals surface area contributed by atoms with Gasteiger partial charge in [0.2, 0.25) is 0 Å². The minimum atomic E-state index is -0.958. The summed E-state index contributed by atoms with van der Waals surface area (Å²) in [7, 11) is 0. The molecule has 4 heterocycles. The lowest BCUT2D eigenvalue weighted by Gasteiger charge is -2.36. The molecule has 0 spiro atoms. The first-order valence-corrected chi connectivity index (χ1v) is 17.5. The summed E-state index contributed by atoms with van der Waals surface area (Å²) in [5.41, 5.74) is 2.61. The summed E-state index contributed by atoms with van der Waals surface area (Å²) < 4.78 is 10.5. The normalized spacial score (nSPS) is 15.7. The van der Waals surface area contributed by atoms with Gasteiger partial charge in [-0.15, -0.1) is 0 Å². The van der Waals surface area contributed by atoms with Crippen molar-refractivity contribution in [2.75, 3.05) is 49.5 Å². The van der Waals surface area contributed by atoms with Crippen LogP contribution in [0.4, 0.5) is 21.0 Å². The van der Waals surface area contributed by atoms with Gasteiger partial charge in [-0.3, -0.25) is 4.90 Å². The quantitative estimate of drug-likeness (QED) is 0.149. The fourth-order valence-electron chi connectivity index (χ4n) is 6.40. The van der Waals surface area contributed by atoms with E-state index in [1.165, 1.54) is 17.7 Å². The van der Waals surface area contributed by atoms with Gasteiger partial charge < -0.3 is 35.0 Å². The number of carbonyl (C=O) groups excluding carboxylic acids is 1. The molecule has 50 heavy (non-hydrogen) atoms. The van der Waals surface area contributed by atoms with E-state index in [2.05, 4.69) is 55.0 Å². The second kappa shape index (κ2) is 17.7. The van der Waals surface area contributed by atoms with Gasteiger partial charge in [-0.05, 0) is 122 Å². The number of nitrogens with zero attached hydrogens (tertiary/aromatic N) is 6. The molecule has 2 aliphatic heterocycles. The van der Waals surface area contributed by atoms with Gasteiger partial charge in [0.25, 0.3) is 11.8 Å². The minimum absolute atomic E-state index is 0.215. The number of benzene rings is 2. The maximum atomic E-state index is 12.1. The molecular weight excluding hydrogens is 638 g/mol. The number of anilines is 2. The fourth-order valence-corrected chi connectivity index (χ4v) is 6.40. The first-order valence-electron chi connectivity index (χ1n) is 17.5. The predicted octanol–water partition coefficient (Wildman–Crippen LogP) is 6.21. The summed E-state index contributed by atoms with van der Waals surface area (Å²) in [5.74, 6) is 2.87. The van der Waals surface area contributed by atoms with Crippen molar-refractivity contribution >= 4 is 23.5 Å². The molecule has 268 valence electrons. The van der Waals surface area contributed by atoms with Gasteiger partial charge in [0.05, 0.1) is 22.5 Å². The number of amides is 3. The Morgan fingerprint density at radius 2 is 1.50 bits per heavy atom. The van der Waals surface area contributed by atoms with Gasteiger partial charge in [-0.2, -0.15) is 9.97 Å². The summed E-state index contributed by atoms with van der Waals surface area (Å²) in [6.45, 7) is 13.2. The van der Waals surface area contributed by atoms with Crippen molar-refractivity contribution in [3.63, 3.8) is 0 Å². The lowest BCUT2D eigenvalue weighted by atomic mass is 9.95. The molecule has 2 fully saturated rings. The minimum Gasteiger partial charge on any atom is -0.465 e. The number of hydrogen-bond donors (Lipinski definition) is 4. The Labute approximate surface area is 293 Å². The predicted molar refractivity (Wildman–Crippen MR) is 191 cm³/mol. The molecule has 0 atom stereocenters. The molecule has 6 rings (SSSR count). The molecule has 2 aromatic heterocycles.